The fourth-order valence-corrected chi connectivity index (χ4v) is 2.10. The highest BCUT2D eigenvalue weighted by Gasteiger charge is 2.08. The zero-order valence-electron chi connectivity index (χ0n) is 11.1. The second-order valence-electron chi connectivity index (χ2n) is 4.49. The molecule has 1 aromatic heterocycles. The van der Waals surface area contributed by atoms with Crippen LogP contribution in [0.1, 0.15) is 45.2 Å². The van der Waals surface area contributed by atoms with Gasteiger partial charge in [0.05, 0.1) is 17.3 Å². The van der Waals surface area contributed by atoms with Crippen LogP contribution in [0.4, 0.5) is 0 Å². The number of nitrogens with zero attached hydrogens (tertiary/aromatic N) is 1. The number of hydrogen-bond acceptors (Lipinski definition) is 2. The number of unbranched alkanes of at least 4 members (excludes halogenated alkanes) is 1. The number of hydrogen-bond donors (Lipinski definition) is 0. The number of rotatable bonds is 8. The molecule has 0 spiro atoms. The zero-order valence-corrected chi connectivity index (χ0v) is 12.6. The fourth-order valence-electron chi connectivity index (χ4n) is 1.78. The van der Waals surface area contributed by atoms with Crippen LogP contribution < -0.4 is 0 Å². The van der Waals surface area contributed by atoms with E-state index in [4.69, 9.17) is 27.9 Å². The van der Waals surface area contributed by atoms with E-state index in [0.717, 1.165) is 18.7 Å². The molecule has 0 amide bonds. The predicted molar refractivity (Wildman–Crippen MR) is 77.2 cm³/mol. The van der Waals surface area contributed by atoms with Crippen molar-refractivity contribution in [3.8, 4) is 0 Å². The van der Waals surface area contributed by atoms with Crippen molar-refractivity contribution in [2.45, 2.75) is 46.1 Å². The minimum atomic E-state index is 0.433. The first-order chi connectivity index (χ1) is 8.67. The molecule has 0 aliphatic carbocycles. The van der Waals surface area contributed by atoms with E-state index in [1.54, 1.807) is 12.1 Å². The molecule has 0 aliphatic rings. The van der Waals surface area contributed by atoms with Crippen LogP contribution in [0.25, 0.3) is 0 Å². The molecule has 1 rings (SSSR count). The number of ether oxygens (including phenoxy) is 1. The van der Waals surface area contributed by atoms with E-state index in [2.05, 4.69) is 18.8 Å². The Morgan fingerprint density at radius 3 is 2.72 bits per heavy atom. The van der Waals surface area contributed by atoms with Gasteiger partial charge in [-0.05, 0) is 24.5 Å². The van der Waals surface area contributed by atoms with Crippen molar-refractivity contribution < 1.29 is 4.74 Å². The highest BCUT2D eigenvalue weighted by molar-refractivity contribution is 6.32. The first-order valence-electron chi connectivity index (χ1n) is 6.56. The predicted octanol–water partition coefficient (Wildman–Crippen LogP) is 5.12. The van der Waals surface area contributed by atoms with Crippen LogP contribution in [0, 0.1) is 5.92 Å². The minimum Gasteiger partial charge on any atom is -0.375 e. The SMILES string of the molecule is CCCCC(CC)COCc1nc(Cl)ccc1Cl. The molecule has 102 valence electrons. The second-order valence-corrected chi connectivity index (χ2v) is 5.29. The summed E-state index contributed by atoms with van der Waals surface area (Å²) < 4.78 is 5.70. The van der Waals surface area contributed by atoms with E-state index < -0.39 is 0 Å². The number of halogens is 2. The summed E-state index contributed by atoms with van der Waals surface area (Å²) in [6.45, 7) is 5.61. The third kappa shape index (κ3) is 5.55. The molecule has 18 heavy (non-hydrogen) atoms. The summed E-state index contributed by atoms with van der Waals surface area (Å²) in [6, 6.07) is 3.44. The molecular weight excluding hydrogens is 269 g/mol. The first-order valence-corrected chi connectivity index (χ1v) is 7.31. The molecule has 2 nitrogen and oxygen atoms in total. The Hall–Kier alpha value is -0.310. The van der Waals surface area contributed by atoms with Gasteiger partial charge in [0.2, 0.25) is 0 Å². The van der Waals surface area contributed by atoms with Crippen molar-refractivity contribution in [1.82, 2.24) is 4.98 Å². The summed E-state index contributed by atoms with van der Waals surface area (Å²) in [5.74, 6) is 0.628. The lowest BCUT2D eigenvalue weighted by Crippen LogP contribution is -2.09. The Balaban J connectivity index is 2.37. The van der Waals surface area contributed by atoms with E-state index >= 15 is 0 Å². The highest BCUT2D eigenvalue weighted by Crippen LogP contribution is 2.19. The minimum absolute atomic E-state index is 0.433. The summed E-state index contributed by atoms with van der Waals surface area (Å²) in [6.07, 6.45) is 4.87. The molecule has 0 N–H and O–H groups in total. The van der Waals surface area contributed by atoms with Gasteiger partial charge in [-0.15, -0.1) is 0 Å². The zero-order chi connectivity index (χ0) is 13.4. The van der Waals surface area contributed by atoms with E-state index in [1.165, 1.54) is 19.3 Å². The van der Waals surface area contributed by atoms with Crippen LogP contribution >= 0.6 is 23.2 Å². The van der Waals surface area contributed by atoms with Gasteiger partial charge in [0.25, 0.3) is 0 Å². The third-order valence-corrected chi connectivity index (χ3v) is 3.57. The average molecular weight is 290 g/mol. The molecule has 1 aromatic rings. The monoisotopic (exact) mass is 289 g/mol. The van der Waals surface area contributed by atoms with E-state index in [0.29, 0.717) is 22.7 Å². The first kappa shape index (κ1) is 15.7. The Morgan fingerprint density at radius 1 is 1.28 bits per heavy atom. The lowest BCUT2D eigenvalue weighted by atomic mass is 10.0. The largest absolute Gasteiger partial charge is 0.375 e. The molecule has 1 unspecified atom stereocenters. The molecule has 1 atom stereocenters. The second kappa shape index (κ2) is 8.73. The summed E-state index contributed by atoms with van der Waals surface area (Å²) >= 11 is 11.9. The van der Waals surface area contributed by atoms with Crippen LogP contribution in [0.2, 0.25) is 10.2 Å². The molecule has 0 fully saturated rings. The normalized spacial score (nSPS) is 12.7. The summed E-state index contributed by atoms with van der Waals surface area (Å²) in [5.41, 5.74) is 0.717. The number of pyridine rings is 1. The van der Waals surface area contributed by atoms with E-state index in [9.17, 15) is 0 Å². The van der Waals surface area contributed by atoms with Crippen molar-refractivity contribution in [3.05, 3.63) is 28.0 Å². The summed E-state index contributed by atoms with van der Waals surface area (Å²) in [5, 5.41) is 1.07. The van der Waals surface area contributed by atoms with Crippen LogP contribution in [0.15, 0.2) is 12.1 Å². The lowest BCUT2D eigenvalue weighted by Gasteiger charge is -2.14. The van der Waals surface area contributed by atoms with Gasteiger partial charge in [-0.25, -0.2) is 4.98 Å². The quantitative estimate of drug-likeness (QED) is 0.620. The molecule has 4 heteroatoms. The molecule has 0 radical (unpaired) electrons. The van der Waals surface area contributed by atoms with E-state index in [-0.39, 0.29) is 0 Å². The maximum absolute atomic E-state index is 6.03. The van der Waals surface area contributed by atoms with Gasteiger partial charge in [-0.2, -0.15) is 0 Å². The third-order valence-electron chi connectivity index (χ3n) is 3.02. The van der Waals surface area contributed by atoms with Gasteiger partial charge >= 0.3 is 0 Å². The van der Waals surface area contributed by atoms with Gasteiger partial charge in [0.15, 0.2) is 0 Å². The van der Waals surface area contributed by atoms with Crippen molar-refractivity contribution >= 4 is 23.2 Å². The summed E-state index contributed by atoms with van der Waals surface area (Å²) in [7, 11) is 0. The topological polar surface area (TPSA) is 22.1 Å². The maximum atomic E-state index is 6.03. The Kier molecular flexibility index (Phi) is 7.64. The standard InChI is InChI=1S/C14H21Cl2NO/c1-3-5-6-11(4-2)9-18-10-13-12(15)7-8-14(16)17-13/h7-8,11H,3-6,9-10H2,1-2H3. The Bertz CT molecular complexity index is 358. The van der Waals surface area contributed by atoms with Crippen LogP contribution in [-0.2, 0) is 11.3 Å². The summed E-state index contributed by atoms with van der Waals surface area (Å²) in [4.78, 5) is 4.17. The van der Waals surface area contributed by atoms with Crippen LogP contribution in [0.5, 0.6) is 0 Å². The van der Waals surface area contributed by atoms with Gasteiger partial charge in [0, 0.05) is 6.61 Å². The van der Waals surface area contributed by atoms with Crippen molar-refractivity contribution in [3.63, 3.8) is 0 Å². The highest BCUT2D eigenvalue weighted by atomic mass is 35.5. The van der Waals surface area contributed by atoms with Crippen molar-refractivity contribution in [1.29, 1.82) is 0 Å². The molecule has 0 bridgehead atoms. The molecule has 1 heterocycles. The molecule has 0 saturated heterocycles. The van der Waals surface area contributed by atoms with Gasteiger partial charge in [-0.1, -0.05) is 56.3 Å². The van der Waals surface area contributed by atoms with E-state index in [1.807, 2.05) is 0 Å². The number of aromatic nitrogens is 1. The fraction of sp³-hybridized carbons (Fsp3) is 0.643. The van der Waals surface area contributed by atoms with Crippen molar-refractivity contribution in [2.75, 3.05) is 6.61 Å². The smallest absolute Gasteiger partial charge is 0.129 e. The average Bonchev–Trinajstić information content (AvgIpc) is 2.37. The maximum Gasteiger partial charge on any atom is 0.129 e. The van der Waals surface area contributed by atoms with Crippen LogP contribution in [-0.4, -0.2) is 11.6 Å². The van der Waals surface area contributed by atoms with Gasteiger partial charge in [-0.3, -0.25) is 0 Å². The Labute approximate surface area is 120 Å². The molecule has 0 aromatic carbocycles. The van der Waals surface area contributed by atoms with Crippen molar-refractivity contribution in [2.24, 2.45) is 5.92 Å². The van der Waals surface area contributed by atoms with Gasteiger partial charge < -0.3 is 4.74 Å². The lowest BCUT2D eigenvalue weighted by molar-refractivity contribution is 0.0800. The molecule has 0 saturated carbocycles. The Morgan fingerprint density at radius 2 is 2.06 bits per heavy atom. The van der Waals surface area contributed by atoms with Crippen LogP contribution in [0.3, 0.4) is 0 Å². The van der Waals surface area contributed by atoms with Gasteiger partial charge in [0.1, 0.15) is 5.15 Å². The molecular formula is C14H21Cl2NO. The molecule has 0 aliphatic heterocycles.